The molecule has 0 aliphatic rings. The lowest BCUT2D eigenvalue weighted by Crippen LogP contribution is -2.30. The van der Waals surface area contributed by atoms with E-state index in [0.717, 1.165) is 18.8 Å². The van der Waals surface area contributed by atoms with Crippen LogP contribution in [0.2, 0.25) is 0 Å². The van der Waals surface area contributed by atoms with Gasteiger partial charge < -0.3 is 9.73 Å². The van der Waals surface area contributed by atoms with E-state index in [-0.39, 0.29) is 6.04 Å². The molecule has 1 unspecified atom stereocenters. The van der Waals surface area contributed by atoms with Crippen molar-refractivity contribution in [3.8, 4) is 0 Å². The Bertz CT molecular complexity index is 411. The summed E-state index contributed by atoms with van der Waals surface area (Å²) in [5.74, 6) is 0.992. The average molecular weight is 251 g/mol. The van der Waals surface area contributed by atoms with Crippen LogP contribution in [0.1, 0.15) is 16.7 Å². The molecule has 17 heavy (non-hydrogen) atoms. The van der Waals surface area contributed by atoms with E-state index >= 15 is 0 Å². The van der Waals surface area contributed by atoms with Crippen LogP contribution in [0, 0.1) is 0 Å². The lowest BCUT2D eigenvalue weighted by atomic mass is 10.2. The number of nitrogens with zero attached hydrogens (tertiary/aromatic N) is 2. The first-order valence-corrected chi connectivity index (χ1v) is 6.43. The van der Waals surface area contributed by atoms with Crippen LogP contribution < -0.4 is 5.32 Å². The van der Waals surface area contributed by atoms with Gasteiger partial charge in [0.25, 0.3) is 0 Å². The lowest BCUT2D eigenvalue weighted by Gasteiger charge is -2.22. The number of likely N-dealkylation sites (N-methyl/N-ethyl adjacent to an activating group) is 1. The summed E-state index contributed by atoms with van der Waals surface area (Å²) in [4.78, 5) is 7.46. The highest BCUT2D eigenvalue weighted by atomic mass is 32.1. The molecule has 0 bridgehead atoms. The van der Waals surface area contributed by atoms with E-state index in [2.05, 4.69) is 29.3 Å². The molecular formula is C12H17N3OS. The number of thiazole rings is 1. The van der Waals surface area contributed by atoms with Crippen molar-refractivity contribution in [3.05, 3.63) is 40.7 Å². The van der Waals surface area contributed by atoms with Crippen molar-refractivity contribution in [1.29, 1.82) is 0 Å². The highest BCUT2D eigenvalue weighted by molar-refractivity contribution is 7.09. The van der Waals surface area contributed by atoms with E-state index in [1.165, 1.54) is 4.88 Å². The Kier molecular flexibility index (Phi) is 4.30. The summed E-state index contributed by atoms with van der Waals surface area (Å²) < 4.78 is 5.45. The lowest BCUT2D eigenvalue weighted by molar-refractivity contribution is 0.250. The maximum absolute atomic E-state index is 5.45. The fourth-order valence-corrected chi connectivity index (χ4v) is 2.24. The average Bonchev–Trinajstić information content (AvgIpc) is 2.96. The summed E-state index contributed by atoms with van der Waals surface area (Å²) >= 11 is 1.67. The Labute approximate surface area is 105 Å². The molecule has 2 heterocycles. The summed E-state index contributed by atoms with van der Waals surface area (Å²) in [5, 5.41) is 3.43. The van der Waals surface area contributed by atoms with Gasteiger partial charge in [-0.2, -0.15) is 0 Å². The van der Waals surface area contributed by atoms with Gasteiger partial charge in [0.2, 0.25) is 0 Å². The second-order valence-electron chi connectivity index (χ2n) is 4.09. The highest BCUT2D eigenvalue weighted by Gasteiger charge is 2.16. The number of furan rings is 1. The summed E-state index contributed by atoms with van der Waals surface area (Å²) in [5.41, 5.74) is 1.85. The fraction of sp³-hybridized carbons (Fsp3) is 0.417. The predicted molar refractivity (Wildman–Crippen MR) is 69.0 cm³/mol. The Balaban J connectivity index is 1.86. The third kappa shape index (κ3) is 3.39. The molecular weight excluding hydrogens is 234 g/mol. The van der Waals surface area contributed by atoms with Gasteiger partial charge in [0.1, 0.15) is 5.76 Å². The van der Waals surface area contributed by atoms with Gasteiger partial charge in [0.15, 0.2) is 0 Å². The molecule has 0 saturated carbocycles. The molecule has 0 aliphatic heterocycles. The molecule has 5 heteroatoms. The summed E-state index contributed by atoms with van der Waals surface area (Å²) in [6, 6.07) is 4.20. The van der Waals surface area contributed by atoms with Crippen LogP contribution in [0.5, 0.6) is 0 Å². The van der Waals surface area contributed by atoms with Gasteiger partial charge >= 0.3 is 0 Å². The molecule has 0 aromatic carbocycles. The number of nitrogens with one attached hydrogen (secondary N) is 1. The van der Waals surface area contributed by atoms with E-state index in [1.807, 2.05) is 23.8 Å². The van der Waals surface area contributed by atoms with Crippen molar-refractivity contribution in [2.75, 3.05) is 20.6 Å². The number of hydrogen-bond acceptors (Lipinski definition) is 5. The maximum atomic E-state index is 5.45. The molecule has 1 atom stereocenters. The molecule has 0 saturated heterocycles. The number of rotatable bonds is 6. The molecule has 0 fully saturated rings. The predicted octanol–water partition coefficient (Wildman–Crippen LogP) is 2.13. The molecule has 1 N–H and O–H groups in total. The van der Waals surface area contributed by atoms with Crippen LogP contribution in [-0.2, 0) is 6.54 Å². The van der Waals surface area contributed by atoms with Gasteiger partial charge in [0, 0.05) is 24.2 Å². The zero-order valence-electron chi connectivity index (χ0n) is 10.1. The van der Waals surface area contributed by atoms with Gasteiger partial charge in [-0.25, -0.2) is 0 Å². The van der Waals surface area contributed by atoms with Gasteiger partial charge in [-0.15, -0.1) is 11.3 Å². The van der Waals surface area contributed by atoms with Crippen molar-refractivity contribution in [3.63, 3.8) is 0 Å². The van der Waals surface area contributed by atoms with E-state index in [1.54, 1.807) is 17.6 Å². The van der Waals surface area contributed by atoms with E-state index in [9.17, 15) is 0 Å². The highest BCUT2D eigenvalue weighted by Crippen LogP contribution is 2.17. The molecule has 0 amide bonds. The second kappa shape index (κ2) is 5.95. The van der Waals surface area contributed by atoms with Gasteiger partial charge in [-0.1, -0.05) is 0 Å². The Morgan fingerprint density at radius 1 is 1.53 bits per heavy atom. The minimum atomic E-state index is 0.262. The summed E-state index contributed by atoms with van der Waals surface area (Å²) in [6.07, 6.45) is 3.62. The van der Waals surface area contributed by atoms with Crippen LogP contribution in [0.4, 0.5) is 0 Å². The normalized spacial score (nSPS) is 13.1. The Morgan fingerprint density at radius 3 is 3.00 bits per heavy atom. The van der Waals surface area contributed by atoms with Crippen LogP contribution >= 0.6 is 11.3 Å². The first-order chi connectivity index (χ1) is 8.27. The summed E-state index contributed by atoms with van der Waals surface area (Å²) in [7, 11) is 4.11. The quantitative estimate of drug-likeness (QED) is 0.854. The Hall–Kier alpha value is -1.17. The molecule has 0 aliphatic carbocycles. The number of hydrogen-bond donors (Lipinski definition) is 1. The molecule has 92 valence electrons. The van der Waals surface area contributed by atoms with Gasteiger partial charge in [-0.3, -0.25) is 9.88 Å². The molecule has 4 nitrogen and oxygen atoms in total. The van der Waals surface area contributed by atoms with Crippen LogP contribution in [0.3, 0.4) is 0 Å². The van der Waals surface area contributed by atoms with Gasteiger partial charge in [0.05, 0.1) is 17.8 Å². The van der Waals surface area contributed by atoms with Crippen LogP contribution in [0.25, 0.3) is 0 Å². The molecule has 0 radical (unpaired) electrons. The van der Waals surface area contributed by atoms with Crippen molar-refractivity contribution in [1.82, 2.24) is 15.2 Å². The number of aromatic nitrogens is 1. The smallest absolute Gasteiger partial charge is 0.122 e. The van der Waals surface area contributed by atoms with Crippen molar-refractivity contribution >= 4 is 11.3 Å². The van der Waals surface area contributed by atoms with E-state index in [0.29, 0.717) is 0 Å². The first kappa shape index (κ1) is 12.3. The SMILES string of the molecule is CN(C)C(CNCc1cncs1)c1ccco1. The molecule has 2 aromatic heterocycles. The zero-order chi connectivity index (χ0) is 12.1. The topological polar surface area (TPSA) is 41.3 Å². The summed E-state index contributed by atoms with van der Waals surface area (Å²) in [6.45, 7) is 1.72. The van der Waals surface area contributed by atoms with Crippen molar-refractivity contribution in [2.45, 2.75) is 12.6 Å². The van der Waals surface area contributed by atoms with Crippen LogP contribution in [0.15, 0.2) is 34.5 Å². The van der Waals surface area contributed by atoms with E-state index in [4.69, 9.17) is 4.42 Å². The molecule has 2 aromatic rings. The van der Waals surface area contributed by atoms with Crippen molar-refractivity contribution < 1.29 is 4.42 Å². The minimum Gasteiger partial charge on any atom is -0.468 e. The molecule has 0 spiro atoms. The molecule has 2 rings (SSSR count). The third-order valence-corrected chi connectivity index (χ3v) is 3.39. The zero-order valence-corrected chi connectivity index (χ0v) is 10.9. The van der Waals surface area contributed by atoms with E-state index < -0.39 is 0 Å². The monoisotopic (exact) mass is 251 g/mol. The Morgan fingerprint density at radius 2 is 2.41 bits per heavy atom. The standard InChI is InChI=1S/C12H17N3OS/c1-15(2)11(12-4-3-5-16-12)8-13-6-10-7-14-9-17-10/h3-5,7,9,11,13H,6,8H2,1-2H3. The van der Waals surface area contributed by atoms with Crippen molar-refractivity contribution in [2.24, 2.45) is 0 Å². The maximum Gasteiger partial charge on any atom is 0.122 e. The largest absolute Gasteiger partial charge is 0.468 e. The second-order valence-corrected chi connectivity index (χ2v) is 5.06. The fourth-order valence-electron chi connectivity index (χ4n) is 1.68. The minimum absolute atomic E-state index is 0.262. The van der Waals surface area contributed by atoms with Crippen LogP contribution in [-0.4, -0.2) is 30.5 Å². The first-order valence-electron chi connectivity index (χ1n) is 5.55. The van der Waals surface area contributed by atoms with Gasteiger partial charge in [-0.05, 0) is 26.2 Å². The third-order valence-electron chi connectivity index (χ3n) is 2.62.